The van der Waals surface area contributed by atoms with Crippen LogP contribution in [0, 0.1) is 18.3 Å². The van der Waals surface area contributed by atoms with Gasteiger partial charge in [-0.2, -0.15) is 5.26 Å². The van der Waals surface area contributed by atoms with Crippen LogP contribution in [0.15, 0.2) is 18.2 Å². The van der Waals surface area contributed by atoms with Gasteiger partial charge in [-0.15, -0.1) is 0 Å². The fraction of sp³-hybridized carbons (Fsp3) is 0.462. The number of nitrogens with two attached hydrogens (primary N) is 1. The van der Waals surface area contributed by atoms with Gasteiger partial charge in [0.2, 0.25) is 0 Å². The number of nitrogens with zero attached hydrogens (tertiary/aromatic N) is 1. The molecular formula is C13H18N2. The van der Waals surface area contributed by atoms with E-state index >= 15 is 0 Å². The summed E-state index contributed by atoms with van der Waals surface area (Å²) in [5, 5.41) is 9.07. The molecule has 0 atom stereocenters. The monoisotopic (exact) mass is 202 g/mol. The van der Waals surface area contributed by atoms with Crippen LogP contribution in [0.2, 0.25) is 0 Å². The zero-order chi connectivity index (χ0) is 11.5. The van der Waals surface area contributed by atoms with Crippen molar-refractivity contribution in [3.63, 3.8) is 0 Å². The Labute approximate surface area is 91.7 Å². The van der Waals surface area contributed by atoms with Gasteiger partial charge in [-0.25, -0.2) is 0 Å². The highest BCUT2D eigenvalue weighted by molar-refractivity contribution is 5.39. The Morgan fingerprint density at radius 2 is 2.07 bits per heavy atom. The Morgan fingerprint density at radius 3 is 2.53 bits per heavy atom. The molecule has 0 aliphatic rings. The summed E-state index contributed by atoms with van der Waals surface area (Å²) >= 11 is 0. The summed E-state index contributed by atoms with van der Waals surface area (Å²) in [6, 6.07) is 8.56. The molecule has 0 spiro atoms. The molecule has 0 bridgehead atoms. The van der Waals surface area contributed by atoms with Gasteiger partial charge < -0.3 is 5.73 Å². The average Bonchev–Trinajstić information content (AvgIpc) is 2.18. The lowest BCUT2D eigenvalue weighted by Crippen LogP contribution is -2.16. The maximum atomic E-state index is 9.07. The topological polar surface area (TPSA) is 49.8 Å². The third-order valence-corrected chi connectivity index (χ3v) is 2.68. The number of aryl methyl sites for hydroxylation is 1. The fourth-order valence-corrected chi connectivity index (χ4v) is 1.81. The van der Waals surface area contributed by atoms with Crippen LogP contribution >= 0.6 is 0 Å². The minimum atomic E-state index is -0.411. The van der Waals surface area contributed by atoms with Gasteiger partial charge in [0.1, 0.15) is 0 Å². The van der Waals surface area contributed by atoms with Gasteiger partial charge in [-0.05, 0) is 50.4 Å². The number of benzene rings is 1. The van der Waals surface area contributed by atoms with Crippen molar-refractivity contribution in [2.24, 2.45) is 5.73 Å². The molecule has 0 aliphatic heterocycles. The van der Waals surface area contributed by atoms with Crippen LogP contribution in [0.5, 0.6) is 0 Å². The standard InChI is InChI=1S/C13H18N2/c1-10-8-11(6-7-14)4-5-12(10)13(2,3)9-15/h4-5,8H,6-7,14H2,1-3H3. The van der Waals surface area contributed by atoms with Crippen molar-refractivity contribution in [1.29, 1.82) is 5.26 Å². The maximum absolute atomic E-state index is 9.07. The van der Waals surface area contributed by atoms with Gasteiger partial charge in [0, 0.05) is 0 Å². The van der Waals surface area contributed by atoms with Crippen molar-refractivity contribution in [2.75, 3.05) is 6.54 Å². The van der Waals surface area contributed by atoms with Gasteiger partial charge in [0.05, 0.1) is 11.5 Å². The average molecular weight is 202 g/mol. The molecule has 1 rings (SSSR count). The Morgan fingerprint density at radius 1 is 1.40 bits per heavy atom. The fourth-order valence-electron chi connectivity index (χ4n) is 1.81. The van der Waals surface area contributed by atoms with E-state index in [2.05, 4.69) is 25.1 Å². The van der Waals surface area contributed by atoms with E-state index in [1.165, 1.54) is 11.1 Å². The lowest BCUT2D eigenvalue weighted by atomic mass is 9.83. The highest BCUT2D eigenvalue weighted by atomic mass is 14.5. The van der Waals surface area contributed by atoms with Gasteiger partial charge in [-0.3, -0.25) is 0 Å². The summed E-state index contributed by atoms with van der Waals surface area (Å²) in [7, 11) is 0. The predicted octanol–water partition coefficient (Wildman–Crippen LogP) is 2.30. The highest BCUT2D eigenvalue weighted by Gasteiger charge is 2.21. The van der Waals surface area contributed by atoms with Crippen molar-refractivity contribution >= 4 is 0 Å². The van der Waals surface area contributed by atoms with Crippen LogP contribution in [0.3, 0.4) is 0 Å². The van der Waals surface area contributed by atoms with E-state index in [0.29, 0.717) is 6.54 Å². The van der Waals surface area contributed by atoms with E-state index in [9.17, 15) is 0 Å². The van der Waals surface area contributed by atoms with E-state index in [1.54, 1.807) is 0 Å². The summed E-state index contributed by atoms with van der Waals surface area (Å²) in [5.74, 6) is 0. The summed E-state index contributed by atoms with van der Waals surface area (Å²) in [6.45, 7) is 6.60. The van der Waals surface area contributed by atoms with E-state index in [0.717, 1.165) is 12.0 Å². The number of hydrogen-bond acceptors (Lipinski definition) is 2. The molecule has 0 heterocycles. The van der Waals surface area contributed by atoms with Crippen molar-refractivity contribution in [2.45, 2.75) is 32.6 Å². The SMILES string of the molecule is Cc1cc(CCN)ccc1C(C)(C)C#N. The second kappa shape index (κ2) is 4.46. The van der Waals surface area contributed by atoms with Crippen molar-refractivity contribution < 1.29 is 0 Å². The number of nitriles is 1. The normalized spacial score (nSPS) is 11.1. The zero-order valence-electron chi connectivity index (χ0n) is 9.67. The lowest BCUT2D eigenvalue weighted by molar-refractivity contribution is 0.680. The number of hydrogen-bond donors (Lipinski definition) is 1. The third-order valence-electron chi connectivity index (χ3n) is 2.68. The minimum Gasteiger partial charge on any atom is -0.330 e. The first-order valence-corrected chi connectivity index (χ1v) is 5.22. The van der Waals surface area contributed by atoms with Crippen LogP contribution in [0.1, 0.15) is 30.5 Å². The molecule has 2 nitrogen and oxygen atoms in total. The van der Waals surface area contributed by atoms with Gasteiger partial charge in [0.15, 0.2) is 0 Å². The molecule has 0 aliphatic carbocycles. The quantitative estimate of drug-likeness (QED) is 0.817. The van der Waals surface area contributed by atoms with Gasteiger partial charge >= 0.3 is 0 Å². The molecule has 0 aromatic heterocycles. The molecule has 0 saturated heterocycles. The first-order valence-electron chi connectivity index (χ1n) is 5.22. The minimum absolute atomic E-state index is 0.411. The summed E-state index contributed by atoms with van der Waals surface area (Å²) in [5.41, 5.74) is 8.62. The van der Waals surface area contributed by atoms with Crippen LogP contribution < -0.4 is 5.73 Å². The second-order valence-corrected chi connectivity index (χ2v) is 4.42. The molecule has 2 N–H and O–H groups in total. The molecule has 15 heavy (non-hydrogen) atoms. The predicted molar refractivity (Wildman–Crippen MR) is 62.6 cm³/mol. The third kappa shape index (κ3) is 2.57. The molecule has 0 amide bonds. The van der Waals surface area contributed by atoms with Crippen LogP contribution in [0.4, 0.5) is 0 Å². The Bertz CT molecular complexity index is 386. The van der Waals surface area contributed by atoms with Crippen molar-refractivity contribution in [1.82, 2.24) is 0 Å². The maximum Gasteiger partial charge on any atom is 0.0768 e. The molecule has 0 unspecified atom stereocenters. The molecule has 0 saturated carbocycles. The second-order valence-electron chi connectivity index (χ2n) is 4.42. The molecule has 0 fully saturated rings. The van der Waals surface area contributed by atoms with Crippen LogP contribution in [0.25, 0.3) is 0 Å². The van der Waals surface area contributed by atoms with E-state index < -0.39 is 5.41 Å². The summed E-state index contributed by atoms with van der Waals surface area (Å²) < 4.78 is 0. The van der Waals surface area contributed by atoms with Crippen molar-refractivity contribution in [3.05, 3.63) is 34.9 Å². The summed E-state index contributed by atoms with van der Waals surface area (Å²) in [6.07, 6.45) is 0.897. The molecular weight excluding hydrogens is 184 g/mol. The molecule has 0 radical (unpaired) electrons. The van der Waals surface area contributed by atoms with E-state index in [4.69, 9.17) is 11.0 Å². The molecule has 2 heteroatoms. The Hall–Kier alpha value is -1.33. The highest BCUT2D eigenvalue weighted by Crippen LogP contribution is 2.26. The number of rotatable bonds is 3. The van der Waals surface area contributed by atoms with Crippen LogP contribution in [-0.2, 0) is 11.8 Å². The van der Waals surface area contributed by atoms with Crippen molar-refractivity contribution in [3.8, 4) is 6.07 Å². The first-order chi connectivity index (χ1) is 7.01. The largest absolute Gasteiger partial charge is 0.330 e. The lowest BCUT2D eigenvalue weighted by Gasteiger charge is -2.19. The molecule has 1 aromatic rings. The first kappa shape index (κ1) is 11.7. The van der Waals surface area contributed by atoms with E-state index in [-0.39, 0.29) is 0 Å². The molecule has 80 valence electrons. The Balaban J connectivity index is 3.10. The van der Waals surface area contributed by atoms with Gasteiger partial charge in [-0.1, -0.05) is 18.2 Å². The Kier molecular flexibility index (Phi) is 3.49. The van der Waals surface area contributed by atoms with Gasteiger partial charge in [0.25, 0.3) is 0 Å². The smallest absolute Gasteiger partial charge is 0.0768 e. The summed E-state index contributed by atoms with van der Waals surface area (Å²) in [4.78, 5) is 0. The van der Waals surface area contributed by atoms with E-state index in [1.807, 2.05) is 19.9 Å². The zero-order valence-corrected chi connectivity index (χ0v) is 9.67. The van der Waals surface area contributed by atoms with Crippen LogP contribution in [-0.4, -0.2) is 6.54 Å². The molecule has 1 aromatic carbocycles.